The monoisotopic (exact) mass is 365 g/mol. The van der Waals surface area contributed by atoms with Crippen molar-refractivity contribution in [3.05, 3.63) is 35.9 Å². The van der Waals surface area contributed by atoms with Crippen molar-refractivity contribution in [2.24, 2.45) is 10.9 Å². The van der Waals surface area contributed by atoms with Gasteiger partial charge in [-0.2, -0.15) is 0 Å². The first-order valence-corrected chi connectivity index (χ1v) is 10.6. The van der Waals surface area contributed by atoms with E-state index in [1.54, 1.807) is 0 Å². The molecular weight excluding hydrogens is 334 g/mol. The lowest BCUT2D eigenvalue weighted by atomic mass is 10.2. The summed E-state index contributed by atoms with van der Waals surface area (Å²) < 4.78 is 17.9. The molecule has 0 heterocycles. The molecule has 0 aliphatic heterocycles. The van der Waals surface area contributed by atoms with Gasteiger partial charge in [-0.15, -0.1) is 0 Å². The summed E-state index contributed by atoms with van der Waals surface area (Å²) in [6.07, 6.45) is 2.64. The molecule has 1 aliphatic carbocycles. The van der Waals surface area contributed by atoms with E-state index in [1.807, 2.05) is 37.4 Å². The number of hydrogen-bond acceptors (Lipinski definition) is 3. The Morgan fingerprint density at radius 1 is 1.36 bits per heavy atom. The summed E-state index contributed by atoms with van der Waals surface area (Å²) >= 11 is 0. The van der Waals surface area contributed by atoms with Crippen LogP contribution in [0.4, 0.5) is 0 Å². The van der Waals surface area contributed by atoms with E-state index < -0.39 is 10.8 Å². The number of ether oxygens (including phenoxy) is 1. The van der Waals surface area contributed by atoms with Gasteiger partial charge >= 0.3 is 0 Å². The Bertz CT molecular complexity index is 547. The average Bonchev–Trinajstić information content (AvgIpc) is 3.43. The molecule has 1 aromatic rings. The molecule has 1 saturated carbocycles. The van der Waals surface area contributed by atoms with Crippen molar-refractivity contribution in [3.63, 3.8) is 0 Å². The molecule has 0 spiro atoms. The molecule has 1 unspecified atom stereocenters. The Morgan fingerprint density at radius 3 is 2.80 bits per heavy atom. The van der Waals surface area contributed by atoms with Crippen molar-refractivity contribution < 1.29 is 8.95 Å². The van der Waals surface area contributed by atoms with Crippen LogP contribution in [0.15, 0.2) is 35.3 Å². The van der Waals surface area contributed by atoms with Crippen LogP contribution in [-0.4, -0.2) is 60.7 Å². The number of benzene rings is 1. The van der Waals surface area contributed by atoms with Crippen LogP contribution in [0.25, 0.3) is 0 Å². The highest BCUT2D eigenvalue weighted by atomic mass is 32.2. The van der Waals surface area contributed by atoms with Gasteiger partial charge in [-0.3, -0.25) is 9.20 Å². The SMILES string of the molecule is CCNC(=NCCS(=O)Cc1ccccc1)N(C)CCOCC1CC1. The number of guanidine groups is 1. The fourth-order valence-electron chi connectivity index (χ4n) is 2.40. The van der Waals surface area contributed by atoms with Gasteiger partial charge in [-0.25, -0.2) is 0 Å². The molecule has 25 heavy (non-hydrogen) atoms. The summed E-state index contributed by atoms with van der Waals surface area (Å²) in [5.41, 5.74) is 1.11. The van der Waals surface area contributed by atoms with Crippen LogP contribution in [0, 0.1) is 5.92 Å². The zero-order valence-corrected chi connectivity index (χ0v) is 16.3. The van der Waals surface area contributed by atoms with Gasteiger partial charge in [-0.05, 0) is 31.2 Å². The molecule has 0 aromatic heterocycles. The van der Waals surface area contributed by atoms with Crippen LogP contribution in [-0.2, 0) is 21.3 Å². The molecule has 1 atom stereocenters. The van der Waals surface area contributed by atoms with Crippen LogP contribution in [0.3, 0.4) is 0 Å². The Kier molecular flexibility index (Phi) is 8.97. The van der Waals surface area contributed by atoms with Crippen molar-refractivity contribution in [3.8, 4) is 0 Å². The van der Waals surface area contributed by atoms with Gasteiger partial charge in [0.25, 0.3) is 0 Å². The summed E-state index contributed by atoms with van der Waals surface area (Å²) in [4.78, 5) is 6.68. The summed E-state index contributed by atoms with van der Waals surface area (Å²) in [6, 6.07) is 9.97. The van der Waals surface area contributed by atoms with Crippen LogP contribution in [0.5, 0.6) is 0 Å². The molecule has 6 heteroatoms. The van der Waals surface area contributed by atoms with Crippen molar-refractivity contribution in [2.45, 2.75) is 25.5 Å². The Balaban J connectivity index is 1.70. The minimum atomic E-state index is -0.888. The van der Waals surface area contributed by atoms with E-state index in [4.69, 9.17) is 4.74 Å². The standard InChI is InChI=1S/C19H31N3O2S/c1-3-20-19(22(2)12-13-24-15-17-9-10-17)21-11-14-25(23)16-18-7-5-4-6-8-18/h4-8,17H,3,9-16H2,1-2H3,(H,20,21). The molecule has 1 N–H and O–H groups in total. The first-order valence-electron chi connectivity index (χ1n) is 9.15. The minimum absolute atomic E-state index is 0.565. The van der Waals surface area contributed by atoms with Gasteiger partial charge in [0.05, 0.1) is 13.2 Å². The Morgan fingerprint density at radius 2 is 2.12 bits per heavy atom. The largest absolute Gasteiger partial charge is 0.379 e. The third-order valence-electron chi connectivity index (χ3n) is 4.07. The van der Waals surface area contributed by atoms with E-state index in [9.17, 15) is 4.21 Å². The van der Waals surface area contributed by atoms with Gasteiger partial charge < -0.3 is 15.0 Å². The predicted molar refractivity (Wildman–Crippen MR) is 105 cm³/mol. The van der Waals surface area contributed by atoms with E-state index in [0.29, 0.717) is 18.1 Å². The lowest BCUT2D eigenvalue weighted by Crippen LogP contribution is -2.40. The van der Waals surface area contributed by atoms with E-state index in [1.165, 1.54) is 12.8 Å². The number of hydrogen-bond donors (Lipinski definition) is 1. The van der Waals surface area contributed by atoms with Gasteiger partial charge in [-0.1, -0.05) is 30.3 Å². The number of likely N-dealkylation sites (N-methyl/N-ethyl adjacent to an activating group) is 1. The molecule has 0 bridgehead atoms. The van der Waals surface area contributed by atoms with Crippen LogP contribution in [0.1, 0.15) is 25.3 Å². The van der Waals surface area contributed by atoms with Crippen molar-refractivity contribution in [1.82, 2.24) is 10.2 Å². The summed E-state index contributed by atoms with van der Waals surface area (Å²) in [6.45, 7) is 5.86. The molecular formula is C19H31N3O2S. The highest BCUT2D eigenvalue weighted by molar-refractivity contribution is 7.84. The molecule has 0 radical (unpaired) electrons. The Labute approximate surface area is 154 Å². The molecule has 1 aromatic carbocycles. The molecule has 1 aliphatic rings. The maximum absolute atomic E-state index is 12.2. The number of aliphatic imine (C=N–C) groups is 1. The van der Waals surface area contributed by atoms with E-state index in [2.05, 4.69) is 22.1 Å². The van der Waals surface area contributed by atoms with E-state index >= 15 is 0 Å². The highest BCUT2D eigenvalue weighted by Crippen LogP contribution is 2.28. The molecule has 0 amide bonds. The summed E-state index contributed by atoms with van der Waals surface area (Å²) in [5.74, 6) is 2.83. The zero-order chi connectivity index (χ0) is 17.9. The van der Waals surface area contributed by atoms with Gasteiger partial charge in [0, 0.05) is 49.0 Å². The topological polar surface area (TPSA) is 53.9 Å². The fraction of sp³-hybridized carbons (Fsp3) is 0.632. The highest BCUT2D eigenvalue weighted by Gasteiger charge is 2.21. The second-order valence-electron chi connectivity index (χ2n) is 6.45. The van der Waals surface area contributed by atoms with Crippen molar-refractivity contribution >= 4 is 16.8 Å². The number of nitrogens with zero attached hydrogens (tertiary/aromatic N) is 2. The number of rotatable bonds is 11. The lowest BCUT2D eigenvalue weighted by Gasteiger charge is -2.22. The smallest absolute Gasteiger partial charge is 0.193 e. The maximum Gasteiger partial charge on any atom is 0.193 e. The molecule has 0 saturated heterocycles. The second-order valence-corrected chi connectivity index (χ2v) is 8.03. The quantitative estimate of drug-likeness (QED) is 0.371. The number of nitrogens with one attached hydrogen (secondary N) is 1. The summed E-state index contributed by atoms with van der Waals surface area (Å²) in [7, 11) is 1.13. The first-order chi connectivity index (χ1) is 12.2. The normalized spacial score (nSPS) is 15.8. The molecule has 2 rings (SSSR count). The van der Waals surface area contributed by atoms with Crippen molar-refractivity contribution in [1.29, 1.82) is 0 Å². The lowest BCUT2D eigenvalue weighted by molar-refractivity contribution is 0.115. The zero-order valence-electron chi connectivity index (χ0n) is 15.4. The fourth-order valence-corrected chi connectivity index (χ4v) is 3.40. The third-order valence-corrected chi connectivity index (χ3v) is 5.36. The average molecular weight is 366 g/mol. The molecule has 140 valence electrons. The molecule has 1 fully saturated rings. The van der Waals surface area contributed by atoms with E-state index in [-0.39, 0.29) is 0 Å². The van der Waals surface area contributed by atoms with Crippen LogP contribution < -0.4 is 5.32 Å². The Hall–Kier alpha value is -1.40. The summed E-state index contributed by atoms with van der Waals surface area (Å²) in [5, 5.41) is 3.29. The maximum atomic E-state index is 12.2. The van der Waals surface area contributed by atoms with Crippen molar-refractivity contribution in [2.75, 3.05) is 45.6 Å². The predicted octanol–water partition coefficient (Wildman–Crippen LogP) is 2.26. The van der Waals surface area contributed by atoms with Gasteiger partial charge in [0.2, 0.25) is 0 Å². The van der Waals surface area contributed by atoms with Gasteiger partial charge in [0.15, 0.2) is 5.96 Å². The minimum Gasteiger partial charge on any atom is -0.379 e. The van der Waals surface area contributed by atoms with E-state index in [0.717, 1.165) is 43.7 Å². The molecule has 5 nitrogen and oxygen atoms in total. The second kappa shape index (κ2) is 11.3. The van der Waals surface area contributed by atoms with Crippen LogP contribution >= 0.6 is 0 Å². The first kappa shape index (κ1) is 19.9. The third kappa shape index (κ3) is 8.50. The van der Waals surface area contributed by atoms with Gasteiger partial charge in [0.1, 0.15) is 0 Å². The van der Waals surface area contributed by atoms with Crippen LogP contribution in [0.2, 0.25) is 0 Å².